The molecule has 4 heteroatoms. The van der Waals surface area contributed by atoms with Gasteiger partial charge in [-0.25, -0.2) is 0 Å². The lowest BCUT2D eigenvalue weighted by molar-refractivity contribution is -0.114. The molecule has 4 nitrogen and oxygen atoms in total. The van der Waals surface area contributed by atoms with E-state index in [1.54, 1.807) is 35.4 Å². The molecule has 0 unspecified atom stereocenters. The van der Waals surface area contributed by atoms with Crippen LogP contribution < -0.4 is 5.32 Å². The number of ketones is 1. The second-order valence-electron chi connectivity index (χ2n) is 3.87. The monoisotopic (exact) mass is 232 g/mol. The van der Waals surface area contributed by atoms with Crippen LogP contribution in [-0.4, -0.2) is 30.7 Å². The normalized spacial score (nSPS) is 10.3. The highest BCUT2D eigenvalue weighted by molar-refractivity contribution is 6.10. The van der Waals surface area contributed by atoms with Crippen molar-refractivity contribution in [1.82, 2.24) is 4.90 Å². The van der Waals surface area contributed by atoms with Crippen LogP contribution >= 0.6 is 0 Å². The van der Waals surface area contributed by atoms with Crippen LogP contribution in [0, 0.1) is 0 Å². The number of anilines is 1. The number of hydrogen-bond donors (Lipinski definition) is 1. The molecule has 90 valence electrons. The van der Waals surface area contributed by atoms with E-state index in [4.69, 9.17) is 0 Å². The summed E-state index contributed by atoms with van der Waals surface area (Å²) in [4.78, 5) is 24.7. The summed E-state index contributed by atoms with van der Waals surface area (Å²) in [6.45, 7) is 1.41. The average molecular weight is 232 g/mol. The molecule has 1 aromatic carbocycles. The molecule has 0 saturated carbocycles. The van der Waals surface area contributed by atoms with Crippen molar-refractivity contribution >= 4 is 17.4 Å². The quantitative estimate of drug-likeness (QED) is 0.637. The van der Waals surface area contributed by atoms with Gasteiger partial charge in [-0.15, -0.1) is 0 Å². The van der Waals surface area contributed by atoms with Gasteiger partial charge in [0, 0.05) is 38.9 Å². The number of carbonyl (C=O) groups excluding carboxylic acids is 2. The van der Waals surface area contributed by atoms with Crippen molar-refractivity contribution in [1.29, 1.82) is 0 Å². The van der Waals surface area contributed by atoms with Gasteiger partial charge in [0.1, 0.15) is 0 Å². The number of allylic oxidation sites excluding steroid dienone is 1. The van der Waals surface area contributed by atoms with Gasteiger partial charge in [-0.05, 0) is 12.1 Å². The van der Waals surface area contributed by atoms with Gasteiger partial charge in [0.15, 0.2) is 5.78 Å². The highest BCUT2D eigenvalue weighted by Gasteiger charge is 2.08. The molecule has 0 fully saturated rings. The van der Waals surface area contributed by atoms with Gasteiger partial charge in [-0.1, -0.05) is 12.1 Å². The van der Waals surface area contributed by atoms with Gasteiger partial charge in [-0.3, -0.25) is 9.59 Å². The highest BCUT2D eigenvalue weighted by Crippen LogP contribution is 2.16. The van der Waals surface area contributed by atoms with Crippen molar-refractivity contribution in [2.24, 2.45) is 0 Å². The number of nitrogens with zero attached hydrogens (tertiary/aromatic N) is 1. The van der Waals surface area contributed by atoms with Gasteiger partial charge in [0.05, 0.1) is 5.69 Å². The number of para-hydroxylation sites is 1. The highest BCUT2D eigenvalue weighted by atomic mass is 16.1. The van der Waals surface area contributed by atoms with Crippen LogP contribution in [-0.2, 0) is 4.79 Å². The van der Waals surface area contributed by atoms with Gasteiger partial charge >= 0.3 is 0 Å². The molecule has 0 aliphatic carbocycles. The van der Waals surface area contributed by atoms with Gasteiger partial charge in [-0.2, -0.15) is 0 Å². The van der Waals surface area contributed by atoms with Crippen LogP contribution in [0.2, 0.25) is 0 Å². The predicted molar refractivity (Wildman–Crippen MR) is 67.9 cm³/mol. The summed E-state index contributed by atoms with van der Waals surface area (Å²) in [6.07, 6.45) is 3.15. The fraction of sp³-hybridized carbons (Fsp3) is 0.231. The van der Waals surface area contributed by atoms with Gasteiger partial charge in [0.25, 0.3) is 0 Å². The fourth-order valence-electron chi connectivity index (χ4n) is 1.30. The molecule has 0 aliphatic heterocycles. The Kier molecular flexibility index (Phi) is 4.46. The van der Waals surface area contributed by atoms with Crippen LogP contribution in [0.3, 0.4) is 0 Å². The van der Waals surface area contributed by atoms with Crippen LogP contribution in [0.1, 0.15) is 17.3 Å². The molecule has 0 spiro atoms. The first kappa shape index (κ1) is 13.0. The second-order valence-corrected chi connectivity index (χ2v) is 3.87. The summed E-state index contributed by atoms with van der Waals surface area (Å²) in [6, 6.07) is 6.94. The molecular weight excluding hydrogens is 216 g/mol. The van der Waals surface area contributed by atoms with Crippen molar-refractivity contribution < 1.29 is 9.59 Å². The van der Waals surface area contributed by atoms with Gasteiger partial charge in [0.2, 0.25) is 5.91 Å². The van der Waals surface area contributed by atoms with Gasteiger partial charge < -0.3 is 10.2 Å². The van der Waals surface area contributed by atoms with Crippen molar-refractivity contribution in [3.05, 3.63) is 42.1 Å². The number of benzene rings is 1. The molecule has 0 atom stereocenters. The largest absolute Gasteiger partial charge is 0.383 e. The van der Waals surface area contributed by atoms with E-state index in [9.17, 15) is 9.59 Å². The Morgan fingerprint density at radius 2 is 1.88 bits per heavy atom. The molecule has 1 N–H and O–H groups in total. The fourth-order valence-corrected chi connectivity index (χ4v) is 1.30. The van der Waals surface area contributed by atoms with E-state index in [2.05, 4.69) is 5.32 Å². The summed E-state index contributed by atoms with van der Waals surface area (Å²) < 4.78 is 0. The number of amides is 1. The lowest BCUT2D eigenvalue weighted by Gasteiger charge is -2.07. The Morgan fingerprint density at radius 1 is 1.24 bits per heavy atom. The van der Waals surface area contributed by atoms with E-state index in [-0.39, 0.29) is 11.7 Å². The molecule has 17 heavy (non-hydrogen) atoms. The average Bonchev–Trinajstić information content (AvgIpc) is 2.25. The van der Waals surface area contributed by atoms with Crippen molar-refractivity contribution in [2.45, 2.75) is 6.92 Å². The minimum atomic E-state index is -0.193. The Hall–Kier alpha value is -2.10. The molecule has 1 amide bonds. The third-order valence-electron chi connectivity index (χ3n) is 2.03. The Labute approximate surface area is 101 Å². The summed E-state index contributed by atoms with van der Waals surface area (Å²) in [7, 11) is 3.67. The first-order valence-corrected chi connectivity index (χ1v) is 5.26. The van der Waals surface area contributed by atoms with E-state index < -0.39 is 0 Å². The maximum absolute atomic E-state index is 11.9. The van der Waals surface area contributed by atoms with Crippen LogP contribution in [0.25, 0.3) is 0 Å². The van der Waals surface area contributed by atoms with Crippen molar-refractivity contribution in [3.63, 3.8) is 0 Å². The molecule has 0 saturated heterocycles. The zero-order valence-corrected chi connectivity index (χ0v) is 10.2. The lowest BCUT2D eigenvalue weighted by atomic mass is 10.1. The van der Waals surface area contributed by atoms with Crippen LogP contribution in [0.5, 0.6) is 0 Å². The summed E-state index contributed by atoms with van der Waals surface area (Å²) >= 11 is 0. The molecule has 0 aliphatic rings. The Morgan fingerprint density at radius 3 is 2.47 bits per heavy atom. The molecule has 0 aromatic heterocycles. The maximum atomic E-state index is 11.9. The first-order valence-electron chi connectivity index (χ1n) is 5.26. The topological polar surface area (TPSA) is 49.4 Å². The minimum Gasteiger partial charge on any atom is -0.383 e. The molecule has 1 aromatic rings. The predicted octanol–water partition coefficient (Wildman–Crippen LogP) is 1.90. The van der Waals surface area contributed by atoms with Crippen LogP contribution in [0.4, 0.5) is 5.69 Å². The number of hydrogen-bond acceptors (Lipinski definition) is 3. The molecule has 1 rings (SSSR count). The van der Waals surface area contributed by atoms with E-state index in [0.29, 0.717) is 11.3 Å². The number of nitrogens with one attached hydrogen (secondary N) is 1. The minimum absolute atomic E-state index is 0.136. The third kappa shape index (κ3) is 4.10. The van der Waals surface area contributed by atoms with Crippen LogP contribution in [0.15, 0.2) is 36.5 Å². The molecule has 0 radical (unpaired) electrons. The van der Waals surface area contributed by atoms with E-state index in [1.807, 2.05) is 14.1 Å². The summed E-state index contributed by atoms with van der Waals surface area (Å²) in [5.74, 6) is -0.329. The summed E-state index contributed by atoms with van der Waals surface area (Å²) in [5, 5.41) is 2.63. The van der Waals surface area contributed by atoms with Crippen molar-refractivity contribution in [3.8, 4) is 0 Å². The molecule has 0 heterocycles. The lowest BCUT2D eigenvalue weighted by Crippen LogP contribution is -2.10. The zero-order valence-electron chi connectivity index (χ0n) is 10.2. The third-order valence-corrected chi connectivity index (χ3v) is 2.03. The van der Waals surface area contributed by atoms with Crippen molar-refractivity contribution in [2.75, 3.05) is 19.4 Å². The number of rotatable bonds is 4. The maximum Gasteiger partial charge on any atom is 0.221 e. The zero-order chi connectivity index (χ0) is 12.8. The standard InChI is InChI=1S/C13H16N2O2/c1-10(16)14-12-7-5-4-6-11(12)13(17)8-9-15(2)3/h4-9H,1-3H3,(H,14,16). The summed E-state index contributed by atoms with van der Waals surface area (Å²) in [5.41, 5.74) is 1.02. The Balaban J connectivity index is 2.96. The molecule has 0 bridgehead atoms. The first-order chi connectivity index (χ1) is 8.00. The number of carbonyl (C=O) groups is 2. The Bertz CT molecular complexity index is 450. The second kappa shape index (κ2) is 5.84. The smallest absolute Gasteiger partial charge is 0.221 e. The molecular formula is C13H16N2O2. The van der Waals surface area contributed by atoms with E-state index >= 15 is 0 Å². The van der Waals surface area contributed by atoms with E-state index in [1.165, 1.54) is 13.0 Å². The van der Waals surface area contributed by atoms with E-state index in [0.717, 1.165) is 0 Å². The SMILES string of the molecule is CC(=O)Nc1ccccc1C(=O)C=CN(C)C.